The zero-order chi connectivity index (χ0) is 20.8. The zero-order valence-electron chi connectivity index (χ0n) is 15.3. The Morgan fingerprint density at radius 3 is 2.63 bits per heavy atom. The quantitative estimate of drug-likeness (QED) is 0.357. The topological polar surface area (TPSA) is 163 Å². The Hall–Kier alpha value is -2.58. The van der Waals surface area contributed by atoms with Gasteiger partial charge in [0.05, 0.1) is 24.6 Å². The molecule has 1 saturated heterocycles. The molecule has 4 N–H and O–H groups in total. The summed E-state index contributed by atoms with van der Waals surface area (Å²) in [6.45, 7) is 0. The number of nitrogens with zero attached hydrogens (tertiary/aromatic N) is 8. The molecule has 4 unspecified atom stereocenters. The Labute approximate surface area is 178 Å². The van der Waals surface area contributed by atoms with Gasteiger partial charge in [-0.15, -0.1) is 11.8 Å². The first-order chi connectivity index (χ1) is 14.5. The molecule has 0 bridgehead atoms. The van der Waals surface area contributed by atoms with Crippen LogP contribution in [0.5, 0.6) is 0 Å². The van der Waals surface area contributed by atoms with Gasteiger partial charge in [0, 0.05) is 5.75 Å². The summed E-state index contributed by atoms with van der Waals surface area (Å²) in [5.74, 6) is 1.17. The van der Waals surface area contributed by atoms with Gasteiger partial charge in [0.2, 0.25) is 0 Å². The molecule has 0 spiro atoms. The van der Waals surface area contributed by atoms with Crippen LogP contribution in [0, 0.1) is 0 Å². The summed E-state index contributed by atoms with van der Waals surface area (Å²) in [5.41, 5.74) is 7.79. The molecule has 1 fully saturated rings. The molecule has 0 aliphatic carbocycles. The first kappa shape index (κ1) is 19.4. The van der Waals surface area contributed by atoms with Crippen molar-refractivity contribution in [3.05, 3.63) is 30.5 Å². The highest BCUT2D eigenvalue weighted by atomic mass is 35.5. The summed E-state index contributed by atoms with van der Waals surface area (Å²) in [5, 5.41) is 21.3. The van der Waals surface area contributed by atoms with E-state index in [4.69, 9.17) is 22.1 Å². The molecular formula is C16H16ClN9O3S. The number of ether oxygens (including phenoxy) is 1. The van der Waals surface area contributed by atoms with E-state index < -0.39 is 24.5 Å². The van der Waals surface area contributed by atoms with Gasteiger partial charge in [-0.25, -0.2) is 29.9 Å². The van der Waals surface area contributed by atoms with Crippen molar-refractivity contribution in [3.8, 4) is 0 Å². The van der Waals surface area contributed by atoms with Gasteiger partial charge in [-0.05, 0) is 0 Å². The van der Waals surface area contributed by atoms with Gasteiger partial charge in [0.25, 0.3) is 0 Å². The van der Waals surface area contributed by atoms with Crippen molar-refractivity contribution in [2.45, 2.75) is 30.4 Å². The lowest BCUT2D eigenvalue weighted by Crippen LogP contribution is -2.32. The third kappa shape index (κ3) is 3.15. The first-order valence-corrected chi connectivity index (χ1v) is 10.4. The Morgan fingerprint density at radius 2 is 1.77 bits per heavy atom. The van der Waals surface area contributed by atoms with Crippen LogP contribution in [-0.2, 0) is 10.6 Å². The number of aromatic nitrogens is 8. The van der Waals surface area contributed by atoms with Crippen LogP contribution in [0.1, 0.15) is 6.23 Å². The van der Waals surface area contributed by atoms with E-state index in [0.29, 0.717) is 39.1 Å². The number of nitrogens with two attached hydrogens (primary N) is 1. The van der Waals surface area contributed by atoms with Crippen molar-refractivity contribution in [2.24, 2.45) is 0 Å². The first-order valence-electron chi connectivity index (χ1n) is 8.88. The van der Waals surface area contributed by atoms with Crippen LogP contribution in [0.3, 0.4) is 0 Å². The van der Waals surface area contributed by atoms with Gasteiger partial charge >= 0.3 is 0 Å². The Balaban J connectivity index is 1.29. The second-order valence-corrected chi connectivity index (χ2v) is 8.04. The fourth-order valence-electron chi connectivity index (χ4n) is 3.37. The number of thioether (sulfide) groups is 1. The van der Waals surface area contributed by atoms with E-state index in [2.05, 4.69) is 29.9 Å². The lowest BCUT2D eigenvalue weighted by molar-refractivity contribution is -0.0289. The van der Waals surface area contributed by atoms with E-state index in [9.17, 15) is 10.2 Å². The number of halogens is 1. The van der Waals surface area contributed by atoms with E-state index in [1.807, 2.05) is 4.57 Å². The molecule has 1 aliphatic heterocycles. The summed E-state index contributed by atoms with van der Waals surface area (Å²) < 4.78 is 9.31. The van der Waals surface area contributed by atoms with Crippen molar-refractivity contribution in [1.82, 2.24) is 39.0 Å². The third-order valence-corrected chi connectivity index (χ3v) is 6.17. The number of aliphatic hydroxyl groups excluding tert-OH is 2. The molecule has 1 aliphatic rings. The highest BCUT2D eigenvalue weighted by molar-refractivity contribution is 7.98. The SMILES string of the molecule is Nc1ncnc2c1ncn2C1OC(CSCn2cnc3c(Cl)ncnc32)C(O)C1O. The van der Waals surface area contributed by atoms with Gasteiger partial charge < -0.3 is 25.3 Å². The molecule has 0 saturated carbocycles. The largest absolute Gasteiger partial charge is 0.387 e. The van der Waals surface area contributed by atoms with Crippen LogP contribution in [0.25, 0.3) is 22.3 Å². The zero-order valence-corrected chi connectivity index (χ0v) is 16.8. The number of nitrogen functional groups attached to an aromatic ring is 1. The highest BCUT2D eigenvalue weighted by Gasteiger charge is 2.44. The average molecular weight is 450 g/mol. The van der Waals surface area contributed by atoms with E-state index in [1.54, 1.807) is 10.9 Å². The monoisotopic (exact) mass is 449 g/mol. The van der Waals surface area contributed by atoms with Crippen molar-refractivity contribution in [3.63, 3.8) is 0 Å². The van der Waals surface area contributed by atoms with E-state index >= 15 is 0 Å². The summed E-state index contributed by atoms with van der Waals surface area (Å²) in [6, 6.07) is 0. The molecule has 156 valence electrons. The van der Waals surface area contributed by atoms with E-state index in [0.717, 1.165) is 0 Å². The summed E-state index contributed by atoms with van der Waals surface area (Å²) >= 11 is 7.51. The number of hydrogen-bond acceptors (Lipinski definition) is 11. The maximum Gasteiger partial charge on any atom is 0.167 e. The molecule has 4 aromatic heterocycles. The number of aliphatic hydroxyl groups is 2. The van der Waals surface area contributed by atoms with Crippen molar-refractivity contribution >= 4 is 51.5 Å². The minimum Gasteiger partial charge on any atom is -0.387 e. The smallest absolute Gasteiger partial charge is 0.167 e. The molecular weight excluding hydrogens is 434 g/mol. The summed E-state index contributed by atoms with van der Waals surface area (Å²) in [4.78, 5) is 24.6. The van der Waals surface area contributed by atoms with Crippen molar-refractivity contribution in [2.75, 3.05) is 11.5 Å². The fourth-order valence-corrected chi connectivity index (χ4v) is 4.54. The van der Waals surface area contributed by atoms with Gasteiger partial charge in [-0.2, -0.15) is 0 Å². The number of hydrogen-bond donors (Lipinski definition) is 3. The number of fused-ring (bicyclic) bond motifs is 2. The van der Waals surface area contributed by atoms with E-state index in [-0.39, 0.29) is 5.82 Å². The van der Waals surface area contributed by atoms with Gasteiger partial charge in [0.15, 0.2) is 28.5 Å². The normalized spacial score (nSPS) is 24.2. The van der Waals surface area contributed by atoms with Crippen molar-refractivity contribution in [1.29, 1.82) is 0 Å². The van der Waals surface area contributed by atoms with Gasteiger partial charge in [-0.3, -0.25) is 4.57 Å². The van der Waals surface area contributed by atoms with Crippen LogP contribution in [0.4, 0.5) is 5.82 Å². The molecule has 4 aromatic rings. The molecule has 5 rings (SSSR count). The molecule has 0 radical (unpaired) electrons. The predicted octanol–water partition coefficient (Wildman–Crippen LogP) is 0.212. The molecule has 12 nitrogen and oxygen atoms in total. The average Bonchev–Trinajstić information content (AvgIpc) is 3.42. The van der Waals surface area contributed by atoms with Crippen molar-refractivity contribution < 1.29 is 14.9 Å². The second-order valence-electron chi connectivity index (χ2n) is 6.68. The maximum absolute atomic E-state index is 10.5. The molecule has 30 heavy (non-hydrogen) atoms. The Morgan fingerprint density at radius 1 is 1.00 bits per heavy atom. The fraction of sp³-hybridized carbons (Fsp3) is 0.375. The van der Waals surface area contributed by atoms with Crippen LogP contribution in [0.2, 0.25) is 5.15 Å². The lowest BCUT2D eigenvalue weighted by atomic mass is 10.1. The number of imidazole rings is 2. The molecule has 5 heterocycles. The van der Waals surface area contributed by atoms with E-state index in [1.165, 1.54) is 30.7 Å². The van der Waals surface area contributed by atoms with Crippen LogP contribution in [0.15, 0.2) is 25.3 Å². The third-order valence-electron chi connectivity index (χ3n) is 4.87. The molecule has 14 heteroatoms. The predicted molar refractivity (Wildman–Crippen MR) is 108 cm³/mol. The molecule has 0 amide bonds. The Kier molecular flexibility index (Phi) is 4.91. The number of rotatable bonds is 5. The molecule has 0 aromatic carbocycles. The van der Waals surface area contributed by atoms with Crippen LogP contribution >= 0.6 is 23.4 Å². The lowest BCUT2D eigenvalue weighted by Gasteiger charge is -2.16. The minimum absolute atomic E-state index is 0.232. The standard InChI is InChI=1S/C16H16ClN9O3S/c17-12-8-14(21-2-19-12)25(4-23-8)6-30-1-7-10(27)11(28)16(29-7)26-5-24-9-13(18)20-3-22-15(9)26/h2-5,7,10-11,16,27-28H,1,6H2,(H2,18,20,22). The molecule has 4 atom stereocenters. The van der Waals surface area contributed by atoms with Gasteiger partial charge in [0.1, 0.15) is 35.9 Å². The summed E-state index contributed by atoms with van der Waals surface area (Å²) in [7, 11) is 0. The highest BCUT2D eigenvalue weighted by Crippen LogP contribution is 2.33. The van der Waals surface area contributed by atoms with Gasteiger partial charge in [-0.1, -0.05) is 11.6 Å². The minimum atomic E-state index is -1.15. The van der Waals surface area contributed by atoms with Crippen LogP contribution < -0.4 is 5.73 Å². The number of anilines is 1. The Bertz CT molecular complexity index is 1220. The second kappa shape index (κ2) is 7.59. The maximum atomic E-state index is 10.5. The summed E-state index contributed by atoms with van der Waals surface area (Å²) in [6.07, 6.45) is 2.12. The van der Waals surface area contributed by atoms with Crippen LogP contribution in [-0.4, -0.2) is 73.3 Å².